The van der Waals surface area contributed by atoms with Crippen molar-refractivity contribution in [2.45, 2.75) is 33.4 Å². The third-order valence-corrected chi connectivity index (χ3v) is 3.27. The maximum atomic E-state index is 11.0. The van der Waals surface area contributed by atoms with E-state index in [9.17, 15) is 10.1 Å². The lowest BCUT2D eigenvalue weighted by Crippen LogP contribution is -2.07. The van der Waals surface area contributed by atoms with Gasteiger partial charge >= 0.3 is 0 Å². The van der Waals surface area contributed by atoms with Crippen molar-refractivity contribution in [1.82, 2.24) is 9.78 Å². The van der Waals surface area contributed by atoms with Gasteiger partial charge in [0.1, 0.15) is 0 Å². The van der Waals surface area contributed by atoms with E-state index in [4.69, 9.17) is 0 Å². The van der Waals surface area contributed by atoms with Crippen molar-refractivity contribution < 1.29 is 4.92 Å². The molecule has 0 radical (unpaired) electrons. The highest BCUT2D eigenvalue weighted by Gasteiger charge is 2.14. The third-order valence-electron chi connectivity index (χ3n) is 3.27. The van der Waals surface area contributed by atoms with Crippen LogP contribution in [0, 0.1) is 17.0 Å². The minimum atomic E-state index is -0.347. The van der Waals surface area contributed by atoms with Crippen LogP contribution in [0.2, 0.25) is 0 Å². The van der Waals surface area contributed by atoms with Crippen molar-refractivity contribution in [3.63, 3.8) is 0 Å². The van der Waals surface area contributed by atoms with Gasteiger partial charge in [0.2, 0.25) is 0 Å². The Labute approximate surface area is 117 Å². The lowest BCUT2D eigenvalue weighted by molar-refractivity contribution is -0.385. The fourth-order valence-electron chi connectivity index (χ4n) is 2.04. The van der Waals surface area contributed by atoms with Crippen LogP contribution in [0.1, 0.15) is 31.0 Å². The SMILES string of the molecule is CCn1cc(NC(C)c2ccc(C)c([N+](=O)[O-])c2)cn1. The highest BCUT2D eigenvalue weighted by Crippen LogP contribution is 2.25. The summed E-state index contributed by atoms with van der Waals surface area (Å²) in [4.78, 5) is 10.6. The van der Waals surface area contributed by atoms with Crippen LogP contribution in [0.3, 0.4) is 0 Å². The van der Waals surface area contributed by atoms with E-state index in [1.54, 1.807) is 25.3 Å². The number of nitrogens with zero attached hydrogens (tertiary/aromatic N) is 3. The lowest BCUT2D eigenvalue weighted by atomic mass is 10.0. The second kappa shape index (κ2) is 5.73. The number of benzene rings is 1. The van der Waals surface area contributed by atoms with Crippen LogP contribution in [-0.4, -0.2) is 14.7 Å². The molecule has 1 aromatic heterocycles. The van der Waals surface area contributed by atoms with Crippen molar-refractivity contribution in [3.8, 4) is 0 Å². The van der Waals surface area contributed by atoms with Gasteiger partial charge in [-0.25, -0.2) is 0 Å². The Morgan fingerprint density at radius 3 is 2.85 bits per heavy atom. The molecule has 6 heteroatoms. The molecule has 20 heavy (non-hydrogen) atoms. The van der Waals surface area contributed by atoms with E-state index < -0.39 is 0 Å². The zero-order chi connectivity index (χ0) is 14.7. The van der Waals surface area contributed by atoms with Crippen molar-refractivity contribution in [3.05, 3.63) is 51.8 Å². The molecular formula is C14H18N4O2. The van der Waals surface area contributed by atoms with Crippen LogP contribution in [0.5, 0.6) is 0 Å². The number of nitrogens with one attached hydrogen (secondary N) is 1. The van der Waals surface area contributed by atoms with Gasteiger partial charge in [0.15, 0.2) is 0 Å². The van der Waals surface area contributed by atoms with Crippen molar-refractivity contribution in [2.75, 3.05) is 5.32 Å². The predicted octanol–water partition coefficient (Wildman–Crippen LogP) is 3.29. The number of rotatable bonds is 5. The summed E-state index contributed by atoms with van der Waals surface area (Å²) in [6.45, 7) is 6.54. The first kappa shape index (κ1) is 14.0. The Hall–Kier alpha value is -2.37. The number of anilines is 1. The zero-order valence-corrected chi connectivity index (χ0v) is 11.8. The minimum absolute atomic E-state index is 0.0243. The van der Waals surface area contributed by atoms with Crippen LogP contribution in [0.4, 0.5) is 11.4 Å². The smallest absolute Gasteiger partial charge is 0.272 e. The molecule has 1 heterocycles. The molecular weight excluding hydrogens is 256 g/mol. The first-order chi connectivity index (χ1) is 9.51. The molecule has 1 N–H and O–H groups in total. The van der Waals surface area contributed by atoms with E-state index in [1.165, 1.54) is 0 Å². The number of aromatic nitrogens is 2. The molecule has 2 aromatic rings. The van der Waals surface area contributed by atoms with Crippen molar-refractivity contribution in [2.24, 2.45) is 0 Å². The molecule has 0 bridgehead atoms. The predicted molar refractivity (Wildman–Crippen MR) is 77.8 cm³/mol. The molecule has 1 atom stereocenters. The Bertz CT molecular complexity index is 621. The fraction of sp³-hybridized carbons (Fsp3) is 0.357. The highest BCUT2D eigenvalue weighted by atomic mass is 16.6. The Morgan fingerprint density at radius 2 is 2.25 bits per heavy atom. The zero-order valence-electron chi connectivity index (χ0n) is 11.8. The maximum absolute atomic E-state index is 11.0. The molecule has 0 aliphatic heterocycles. The van der Waals surface area contributed by atoms with Crippen LogP contribution in [0.25, 0.3) is 0 Å². The van der Waals surface area contributed by atoms with Gasteiger partial charge in [-0.3, -0.25) is 14.8 Å². The maximum Gasteiger partial charge on any atom is 0.272 e. The van der Waals surface area contributed by atoms with E-state index in [1.807, 2.05) is 30.8 Å². The van der Waals surface area contributed by atoms with Gasteiger partial charge in [-0.15, -0.1) is 0 Å². The number of nitro groups is 1. The van der Waals surface area contributed by atoms with Gasteiger partial charge in [-0.1, -0.05) is 12.1 Å². The van der Waals surface area contributed by atoms with Crippen LogP contribution >= 0.6 is 0 Å². The molecule has 0 fully saturated rings. The molecule has 0 amide bonds. The lowest BCUT2D eigenvalue weighted by Gasteiger charge is -2.14. The molecule has 2 rings (SSSR count). The quantitative estimate of drug-likeness (QED) is 0.670. The summed E-state index contributed by atoms with van der Waals surface area (Å²) in [6, 6.07) is 5.28. The largest absolute Gasteiger partial charge is 0.376 e. The summed E-state index contributed by atoms with van der Waals surface area (Å²) < 4.78 is 1.83. The standard InChI is InChI=1S/C14H18N4O2/c1-4-17-9-13(8-15-17)16-11(3)12-6-5-10(2)14(7-12)18(19)20/h5-9,11,16H,4H2,1-3H3. The third kappa shape index (κ3) is 2.96. The Morgan fingerprint density at radius 1 is 1.50 bits per heavy atom. The molecule has 0 saturated carbocycles. The number of hydrogen-bond donors (Lipinski definition) is 1. The molecule has 0 spiro atoms. The van der Waals surface area contributed by atoms with Gasteiger partial charge < -0.3 is 5.32 Å². The average Bonchev–Trinajstić information content (AvgIpc) is 2.86. The summed E-state index contributed by atoms with van der Waals surface area (Å²) in [7, 11) is 0. The second-order valence-corrected chi connectivity index (χ2v) is 4.75. The van der Waals surface area contributed by atoms with Gasteiger partial charge in [0.05, 0.1) is 16.8 Å². The molecule has 1 aromatic carbocycles. The summed E-state index contributed by atoms with van der Waals surface area (Å²) in [5.41, 5.74) is 2.61. The van der Waals surface area contributed by atoms with Gasteiger partial charge in [0.25, 0.3) is 5.69 Å². The first-order valence-electron chi connectivity index (χ1n) is 6.55. The Kier molecular flexibility index (Phi) is 4.02. The average molecular weight is 274 g/mol. The Balaban J connectivity index is 2.18. The van der Waals surface area contributed by atoms with Crippen LogP contribution in [0.15, 0.2) is 30.6 Å². The van der Waals surface area contributed by atoms with Crippen LogP contribution < -0.4 is 5.32 Å². The first-order valence-corrected chi connectivity index (χ1v) is 6.55. The van der Waals surface area contributed by atoms with E-state index in [0.29, 0.717) is 5.56 Å². The molecule has 106 valence electrons. The minimum Gasteiger partial charge on any atom is -0.376 e. The highest BCUT2D eigenvalue weighted by molar-refractivity contribution is 5.47. The number of nitro benzene ring substituents is 1. The topological polar surface area (TPSA) is 73.0 Å². The molecule has 0 aliphatic rings. The monoisotopic (exact) mass is 274 g/mol. The molecule has 1 unspecified atom stereocenters. The van der Waals surface area contributed by atoms with E-state index in [0.717, 1.165) is 17.8 Å². The summed E-state index contributed by atoms with van der Waals surface area (Å²) in [5.74, 6) is 0. The van der Waals surface area contributed by atoms with Crippen molar-refractivity contribution >= 4 is 11.4 Å². The molecule has 6 nitrogen and oxygen atoms in total. The van der Waals surface area contributed by atoms with E-state index in [2.05, 4.69) is 10.4 Å². The van der Waals surface area contributed by atoms with Gasteiger partial charge in [-0.2, -0.15) is 5.10 Å². The molecule has 0 aliphatic carbocycles. The summed E-state index contributed by atoms with van der Waals surface area (Å²) in [6.07, 6.45) is 3.67. The normalized spacial score (nSPS) is 12.2. The summed E-state index contributed by atoms with van der Waals surface area (Å²) in [5, 5.41) is 18.4. The van der Waals surface area contributed by atoms with E-state index in [-0.39, 0.29) is 16.7 Å². The van der Waals surface area contributed by atoms with Gasteiger partial charge in [0, 0.05) is 30.4 Å². The van der Waals surface area contributed by atoms with Crippen molar-refractivity contribution in [1.29, 1.82) is 0 Å². The van der Waals surface area contributed by atoms with E-state index >= 15 is 0 Å². The second-order valence-electron chi connectivity index (χ2n) is 4.75. The van der Waals surface area contributed by atoms with Gasteiger partial charge in [-0.05, 0) is 26.3 Å². The van der Waals surface area contributed by atoms with Crippen LogP contribution in [-0.2, 0) is 6.54 Å². The number of hydrogen-bond acceptors (Lipinski definition) is 4. The molecule has 0 saturated heterocycles. The number of aryl methyl sites for hydroxylation is 2. The fourth-order valence-corrected chi connectivity index (χ4v) is 2.04. The summed E-state index contributed by atoms with van der Waals surface area (Å²) >= 11 is 0.